The SMILES string of the molecule is CCOCCNS(=O)(=O)c1ccccc1S(=O)(=O)Nc1ccccn1. The van der Waals surface area contributed by atoms with Gasteiger partial charge in [0.15, 0.2) is 0 Å². The highest BCUT2D eigenvalue weighted by Gasteiger charge is 2.26. The zero-order valence-electron chi connectivity index (χ0n) is 13.5. The van der Waals surface area contributed by atoms with Gasteiger partial charge < -0.3 is 4.74 Å². The molecule has 0 fully saturated rings. The molecule has 2 rings (SSSR count). The zero-order chi connectivity index (χ0) is 18.3. The number of pyridine rings is 1. The minimum absolute atomic E-state index is 0.0399. The molecule has 0 saturated carbocycles. The fraction of sp³-hybridized carbons (Fsp3) is 0.267. The van der Waals surface area contributed by atoms with Gasteiger partial charge in [-0.2, -0.15) is 0 Å². The van der Waals surface area contributed by atoms with Crippen LogP contribution in [0.4, 0.5) is 5.82 Å². The van der Waals surface area contributed by atoms with Crippen LogP contribution in [0.15, 0.2) is 58.5 Å². The summed E-state index contributed by atoms with van der Waals surface area (Å²) in [4.78, 5) is 3.18. The molecule has 1 aromatic heterocycles. The Morgan fingerprint density at radius 1 is 0.960 bits per heavy atom. The average molecular weight is 385 g/mol. The van der Waals surface area contributed by atoms with Crippen LogP contribution in [-0.4, -0.2) is 41.6 Å². The molecule has 0 saturated heterocycles. The van der Waals surface area contributed by atoms with E-state index in [9.17, 15) is 16.8 Å². The summed E-state index contributed by atoms with van der Waals surface area (Å²) in [6.07, 6.45) is 1.43. The molecule has 0 spiro atoms. The van der Waals surface area contributed by atoms with Gasteiger partial charge in [-0.05, 0) is 31.2 Å². The Morgan fingerprint density at radius 2 is 1.60 bits per heavy atom. The Hall–Kier alpha value is -2.01. The van der Waals surface area contributed by atoms with E-state index in [4.69, 9.17) is 4.74 Å². The third-order valence-corrected chi connectivity index (χ3v) is 6.14. The second-order valence-corrected chi connectivity index (χ2v) is 8.25. The van der Waals surface area contributed by atoms with Gasteiger partial charge in [0.25, 0.3) is 10.0 Å². The fourth-order valence-electron chi connectivity index (χ4n) is 1.98. The quantitative estimate of drug-likeness (QED) is 0.627. The number of sulfonamides is 2. The second-order valence-electron chi connectivity index (χ2n) is 4.86. The standard InChI is InChI=1S/C15H19N3O5S2/c1-2-23-12-11-17-24(19,20)13-7-3-4-8-14(13)25(21,22)18-15-9-5-6-10-16-15/h3-10,17H,2,11-12H2,1H3,(H,16,18). The minimum Gasteiger partial charge on any atom is -0.380 e. The van der Waals surface area contributed by atoms with Gasteiger partial charge in [0.05, 0.1) is 6.61 Å². The fourth-order valence-corrected chi connectivity index (χ4v) is 4.83. The molecule has 2 aromatic rings. The van der Waals surface area contributed by atoms with Crippen LogP contribution in [0.25, 0.3) is 0 Å². The van der Waals surface area contributed by atoms with Crippen molar-refractivity contribution in [2.24, 2.45) is 0 Å². The molecule has 0 aliphatic rings. The van der Waals surface area contributed by atoms with Gasteiger partial charge in [0, 0.05) is 19.3 Å². The molecule has 136 valence electrons. The Morgan fingerprint density at radius 3 is 2.20 bits per heavy atom. The molecule has 1 heterocycles. The topological polar surface area (TPSA) is 114 Å². The van der Waals surface area contributed by atoms with Crippen molar-refractivity contribution < 1.29 is 21.6 Å². The molecule has 0 radical (unpaired) electrons. The highest BCUT2D eigenvalue weighted by atomic mass is 32.2. The highest BCUT2D eigenvalue weighted by Crippen LogP contribution is 2.22. The summed E-state index contributed by atoms with van der Waals surface area (Å²) in [5.41, 5.74) is 0. The van der Waals surface area contributed by atoms with Gasteiger partial charge in [-0.1, -0.05) is 18.2 Å². The van der Waals surface area contributed by atoms with E-state index in [0.717, 1.165) is 0 Å². The first-order valence-corrected chi connectivity index (χ1v) is 10.4. The molecule has 0 amide bonds. The minimum atomic E-state index is -4.13. The second kappa shape index (κ2) is 8.39. The summed E-state index contributed by atoms with van der Waals surface area (Å²) in [5.74, 6) is 0.0963. The van der Waals surface area contributed by atoms with Crippen LogP contribution in [0.1, 0.15) is 6.92 Å². The summed E-state index contributed by atoms with van der Waals surface area (Å²) < 4.78 is 59.7. The van der Waals surface area contributed by atoms with Gasteiger partial charge in [-0.3, -0.25) is 4.72 Å². The van der Waals surface area contributed by atoms with E-state index in [0.29, 0.717) is 6.61 Å². The number of nitrogens with one attached hydrogen (secondary N) is 2. The van der Waals surface area contributed by atoms with Crippen LogP contribution in [-0.2, 0) is 24.8 Å². The van der Waals surface area contributed by atoms with Crippen molar-refractivity contribution in [2.75, 3.05) is 24.5 Å². The maximum atomic E-state index is 12.6. The summed E-state index contributed by atoms with van der Waals surface area (Å²) in [6, 6.07) is 10.1. The van der Waals surface area contributed by atoms with Crippen molar-refractivity contribution in [2.45, 2.75) is 16.7 Å². The van der Waals surface area contributed by atoms with Crippen molar-refractivity contribution in [3.05, 3.63) is 48.7 Å². The largest absolute Gasteiger partial charge is 0.380 e. The first kappa shape index (κ1) is 19.3. The van der Waals surface area contributed by atoms with Gasteiger partial charge in [-0.25, -0.2) is 26.5 Å². The van der Waals surface area contributed by atoms with Crippen LogP contribution >= 0.6 is 0 Å². The van der Waals surface area contributed by atoms with E-state index in [1.165, 1.54) is 36.5 Å². The monoisotopic (exact) mass is 385 g/mol. The number of hydrogen-bond acceptors (Lipinski definition) is 6. The summed E-state index contributed by atoms with van der Waals surface area (Å²) in [5, 5.41) is 0. The van der Waals surface area contributed by atoms with Crippen molar-refractivity contribution >= 4 is 25.9 Å². The zero-order valence-corrected chi connectivity index (χ0v) is 15.2. The van der Waals surface area contributed by atoms with Crippen LogP contribution in [0.2, 0.25) is 0 Å². The lowest BCUT2D eigenvalue weighted by Crippen LogP contribution is -2.29. The first-order valence-electron chi connectivity index (χ1n) is 7.47. The smallest absolute Gasteiger partial charge is 0.264 e. The predicted octanol–water partition coefficient (Wildman–Crippen LogP) is 1.20. The molecule has 0 bridgehead atoms. The van der Waals surface area contributed by atoms with E-state index in [1.54, 1.807) is 19.1 Å². The van der Waals surface area contributed by atoms with Crippen LogP contribution in [0.3, 0.4) is 0 Å². The Labute approximate surface area is 147 Å². The molecular formula is C15H19N3O5S2. The van der Waals surface area contributed by atoms with Gasteiger partial charge >= 0.3 is 0 Å². The molecular weight excluding hydrogens is 366 g/mol. The molecule has 1 aromatic carbocycles. The lowest BCUT2D eigenvalue weighted by molar-refractivity contribution is 0.153. The van der Waals surface area contributed by atoms with Crippen LogP contribution in [0, 0.1) is 0 Å². The third-order valence-electron chi connectivity index (χ3n) is 3.07. The predicted molar refractivity (Wildman–Crippen MR) is 93.2 cm³/mol. The Balaban J connectivity index is 2.31. The number of anilines is 1. The summed E-state index contributed by atoms with van der Waals surface area (Å²) in [7, 11) is -8.14. The van der Waals surface area contributed by atoms with Gasteiger partial charge in [0.2, 0.25) is 10.0 Å². The van der Waals surface area contributed by atoms with E-state index in [1.807, 2.05) is 0 Å². The molecule has 0 aliphatic carbocycles. The number of benzene rings is 1. The van der Waals surface area contributed by atoms with Crippen LogP contribution in [0.5, 0.6) is 0 Å². The molecule has 10 heteroatoms. The van der Waals surface area contributed by atoms with E-state index in [2.05, 4.69) is 14.4 Å². The number of rotatable bonds is 9. The number of aromatic nitrogens is 1. The number of ether oxygens (including phenoxy) is 1. The van der Waals surface area contributed by atoms with E-state index in [-0.39, 0.29) is 28.8 Å². The van der Waals surface area contributed by atoms with E-state index < -0.39 is 20.0 Å². The Bertz CT molecular complexity index is 900. The van der Waals surface area contributed by atoms with Gasteiger partial charge in [-0.15, -0.1) is 0 Å². The van der Waals surface area contributed by atoms with Gasteiger partial charge in [0.1, 0.15) is 15.6 Å². The first-order chi connectivity index (χ1) is 11.9. The maximum absolute atomic E-state index is 12.6. The molecule has 8 nitrogen and oxygen atoms in total. The Kier molecular flexibility index (Phi) is 6.48. The van der Waals surface area contributed by atoms with Crippen molar-refractivity contribution in [1.82, 2.24) is 9.71 Å². The van der Waals surface area contributed by atoms with Crippen molar-refractivity contribution in [1.29, 1.82) is 0 Å². The third kappa shape index (κ3) is 5.23. The average Bonchev–Trinajstić information content (AvgIpc) is 2.59. The van der Waals surface area contributed by atoms with Crippen molar-refractivity contribution in [3.63, 3.8) is 0 Å². The molecule has 2 N–H and O–H groups in total. The van der Waals surface area contributed by atoms with E-state index >= 15 is 0 Å². The molecule has 25 heavy (non-hydrogen) atoms. The van der Waals surface area contributed by atoms with Crippen LogP contribution < -0.4 is 9.44 Å². The number of nitrogens with zero attached hydrogens (tertiary/aromatic N) is 1. The summed E-state index contributed by atoms with van der Waals surface area (Å²) >= 11 is 0. The molecule has 0 aliphatic heterocycles. The maximum Gasteiger partial charge on any atom is 0.264 e. The number of hydrogen-bond donors (Lipinski definition) is 2. The molecule has 0 unspecified atom stereocenters. The lowest BCUT2D eigenvalue weighted by Gasteiger charge is -2.13. The normalized spacial score (nSPS) is 12.0. The van der Waals surface area contributed by atoms with Crippen molar-refractivity contribution in [3.8, 4) is 0 Å². The summed E-state index contributed by atoms with van der Waals surface area (Å²) in [6.45, 7) is 2.48. The highest BCUT2D eigenvalue weighted by molar-refractivity contribution is 7.94. The lowest BCUT2D eigenvalue weighted by atomic mass is 10.4. The molecule has 0 atom stereocenters.